The van der Waals surface area contributed by atoms with Crippen LogP contribution >= 0.6 is 70.6 Å². The maximum atomic E-state index is 6.31. The van der Waals surface area contributed by atoms with Crippen molar-refractivity contribution in [1.82, 2.24) is 0 Å². The fourth-order valence-corrected chi connectivity index (χ4v) is 9.59. The largest absolute Gasteiger partial charge is 0.362 e. The van der Waals surface area contributed by atoms with Crippen molar-refractivity contribution in [2.75, 3.05) is 63.3 Å². The number of rotatable bonds is 4. The lowest BCUT2D eigenvalue weighted by atomic mass is 10.1. The van der Waals surface area contributed by atoms with Gasteiger partial charge in [-0.25, -0.2) is 0 Å². The predicted octanol–water partition coefficient (Wildman–Crippen LogP) is 7.37. The summed E-state index contributed by atoms with van der Waals surface area (Å²) in [5.41, 5.74) is 2.71. The monoisotopic (exact) mass is 520 g/mol. The molecule has 1 heterocycles. The van der Waals surface area contributed by atoms with Crippen LogP contribution < -0.4 is 0 Å². The Morgan fingerprint density at radius 1 is 0.733 bits per heavy atom. The van der Waals surface area contributed by atoms with Gasteiger partial charge in [0.05, 0.1) is 6.61 Å². The molecule has 1 nitrogen and oxygen atoms in total. The van der Waals surface area contributed by atoms with Gasteiger partial charge in [-0.2, -0.15) is 58.8 Å². The Kier molecular flexibility index (Phi) is 17.7. The standard InChI is InChI=1S/C23H36OS6/c1-2-21-5-7-22(8-6-21)19-24-23-20-29-18-17-28-16-15-26-10-3-9-25-13-14-27-11-4-12-30-23/h2,5-8,23H,1,3-4,9-20H2. The second-order valence-electron chi connectivity index (χ2n) is 6.79. The summed E-state index contributed by atoms with van der Waals surface area (Å²) >= 11 is 12.6. The molecule has 1 aromatic rings. The lowest BCUT2D eigenvalue weighted by molar-refractivity contribution is 0.113. The fraction of sp³-hybridized carbons (Fsp3) is 0.652. The Morgan fingerprint density at radius 2 is 1.27 bits per heavy atom. The van der Waals surface area contributed by atoms with Gasteiger partial charge in [-0.1, -0.05) is 36.9 Å². The van der Waals surface area contributed by atoms with E-state index >= 15 is 0 Å². The maximum Gasteiger partial charge on any atom is 0.112 e. The summed E-state index contributed by atoms with van der Waals surface area (Å²) in [6.07, 6.45) is 4.54. The zero-order chi connectivity index (χ0) is 21.1. The van der Waals surface area contributed by atoms with E-state index in [0.717, 1.165) is 11.3 Å². The number of hydrogen-bond donors (Lipinski definition) is 0. The number of thioether (sulfide) groups is 6. The Labute approximate surface area is 210 Å². The summed E-state index contributed by atoms with van der Waals surface area (Å²) < 4.78 is 6.31. The molecular weight excluding hydrogens is 485 g/mol. The van der Waals surface area contributed by atoms with Crippen molar-refractivity contribution in [3.8, 4) is 0 Å². The zero-order valence-electron chi connectivity index (χ0n) is 17.9. The fourth-order valence-electron chi connectivity index (χ4n) is 2.66. The summed E-state index contributed by atoms with van der Waals surface area (Å²) in [5, 5.41) is 0. The zero-order valence-corrected chi connectivity index (χ0v) is 22.8. The highest BCUT2D eigenvalue weighted by molar-refractivity contribution is 8.05. The smallest absolute Gasteiger partial charge is 0.112 e. The van der Waals surface area contributed by atoms with E-state index in [9.17, 15) is 0 Å². The summed E-state index contributed by atoms with van der Waals surface area (Å²) in [6, 6.07) is 8.55. The molecule has 0 aromatic heterocycles. The average Bonchev–Trinajstić information content (AvgIpc) is 2.78. The van der Waals surface area contributed by atoms with E-state index in [0.29, 0.717) is 12.0 Å². The number of hydrogen-bond acceptors (Lipinski definition) is 7. The molecule has 1 atom stereocenters. The third-order valence-electron chi connectivity index (χ3n) is 4.34. The first-order valence-electron chi connectivity index (χ1n) is 10.7. The molecule has 1 aromatic carbocycles. The normalized spacial score (nSPS) is 22.2. The van der Waals surface area contributed by atoms with Gasteiger partial charge in [-0.3, -0.25) is 0 Å². The van der Waals surface area contributed by atoms with Crippen LogP contribution in [0.15, 0.2) is 30.8 Å². The van der Waals surface area contributed by atoms with Crippen LogP contribution in [-0.4, -0.2) is 68.7 Å². The molecule has 0 radical (unpaired) electrons. The first-order valence-corrected chi connectivity index (χ1v) is 17.5. The van der Waals surface area contributed by atoms with Gasteiger partial charge in [-0.05, 0) is 47.0 Å². The minimum absolute atomic E-state index is 0.292. The molecule has 1 aliphatic rings. The van der Waals surface area contributed by atoms with Gasteiger partial charge in [0.1, 0.15) is 5.44 Å². The molecule has 0 bridgehead atoms. The van der Waals surface area contributed by atoms with Crippen molar-refractivity contribution in [2.45, 2.75) is 24.9 Å². The molecule has 0 N–H and O–H groups in total. The van der Waals surface area contributed by atoms with Gasteiger partial charge < -0.3 is 4.74 Å². The van der Waals surface area contributed by atoms with Crippen LogP contribution in [0.4, 0.5) is 0 Å². The van der Waals surface area contributed by atoms with E-state index in [2.05, 4.69) is 89.7 Å². The van der Waals surface area contributed by atoms with E-state index in [1.54, 1.807) is 0 Å². The number of ether oxygens (including phenoxy) is 1. The Morgan fingerprint density at radius 3 is 1.87 bits per heavy atom. The molecular formula is C23H36OS6. The van der Waals surface area contributed by atoms with Crippen molar-refractivity contribution < 1.29 is 4.74 Å². The minimum Gasteiger partial charge on any atom is -0.362 e. The predicted molar refractivity (Wildman–Crippen MR) is 153 cm³/mol. The maximum absolute atomic E-state index is 6.31. The van der Waals surface area contributed by atoms with Crippen molar-refractivity contribution in [2.24, 2.45) is 0 Å². The van der Waals surface area contributed by atoms with Gasteiger partial charge in [0.25, 0.3) is 0 Å². The van der Waals surface area contributed by atoms with Crippen molar-refractivity contribution in [1.29, 1.82) is 0 Å². The lowest BCUT2D eigenvalue weighted by Gasteiger charge is -2.18. The van der Waals surface area contributed by atoms with Crippen molar-refractivity contribution in [3.05, 3.63) is 42.0 Å². The second-order valence-corrected chi connectivity index (χ2v) is 14.1. The van der Waals surface area contributed by atoms with Gasteiger partial charge in [-0.15, -0.1) is 11.8 Å². The van der Waals surface area contributed by atoms with Crippen LogP contribution in [0.25, 0.3) is 6.08 Å². The molecule has 1 unspecified atom stereocenters. The first kappa shape index (κ1) is 27.3. The van der Waals surface area contributed by atoms with Crippen molar-refractivity contribution in [3.63, 3.8) is 0 Å². The third-order valence-corrected chi connectivity index (χ3v) is 11.7. The van der Waals surface area contributed by atoms with Crippen LogP contribution in [0.3, 0.4) is 0 Å². The summed E-state index contributed by atoms with van der Waals surface area (Å²) in [4.78, 5) is 0. The first-order chi connectivity index (χ1) is 14.9. The third kappa shape index (κ3) is 14.2. The summed E-state index contributed by atoms with van der Waals surface area (Å²) in [6.45, 7) is 4.53. The average molecular weight is 521 g/mol. The quantitative estimate of drug-likeness (QED) is 0.405. The molecule has 170 valence electrons. The van der Waals surface area contributed by atoms with Crippen LogP contribution in [0, 0.1) is 0 Å². The van der Waals surface area contributed by atoms with Gasteiger partial charge >= 0.3 is 0 Å². The van der Waals surface area contributed by atoms with E-state index in [4.69, 9.17) is 4.74 Å². The highest BCUT2D eigenvalue weighted by Crippen LogP contribution is 2.23. The van der Waals surface area contributed by atoms with E-state index in [1.165, 1.54) is 75.9 Å². The Bertz CT molecular complexity index is 519. The molecule has 0 amide bonds. The van der Waals surface area contributed by atoms with Gasteiger partial charge in [0, 0.05) is 40.3 Å². The van der Waals surface area contributed by atoms with Gasteiger partial charge in [0.15, 0.2) is 0 Å². The van der Waals surface area contributed by atoms with Crippen LogP contribution in [0.1, 0.15) is 24.0 Å². The molecule has 0 saturated carbocycles. The number of benzene rings is 1. The molecule has 7 heteroatoms. The minimum atomic E-state index is 0.292. The molecule has 1 aliphatic heterocycles. The van der Waals surface area contributed by atoms with Crippen LogP contribution in [-0.2, 0) is 11.3 Å². The topological polar surface area (TPSA) is 9.23 Å². The lowest BCUT2D eigenvalue weighted by Crippen LogP contribution is -2.13. The van der Waals surface area contributed by atoms with Crippen LogP contribution in [0.2, 0.25) is 0 Å². The van der Waals surface area contributed by atoms with E-state index in [-0.39, 0.29) is 0 Å². The van der Waals surface area contributed by atoms with Crippen molar-refractivity contribution >= 4 is 76.6 Å². The highest BCUT2D eigenvalue weighted by Gasteiger charge is 2.11. The molecule has 1 fully saturated rings. The van der Waals surface area contributed by atoms with E-state index < -0.39 is 0 Å². The molecule has 0 aliphatic carbocycles. The van der Waals surface area contributed by atoms with Gasteiger partial charge in [0.2, 0.25) is 0 Å². The Balaban J connectivity index is 1.72. The molecule has 1 saturated heterocycles. The summed E-state index contributed by atoms with van der Waals surface area (Å²) in [7, 11) is 0. The Hall–Kier alpha value is 1.02. The highest BCUT2D eigenvalue weighted by atomic mass is 32.2. The molecule has 30 heavy (non-hydrogen) atoms. The van der Waals surface area contributed by atoms with Crippen LogP contribution in [0.5, 0.6) is 0 Å². The molecule has 2 rings (SSSR count). The summed E-state index contributed by atoms with van der Waals surface area (Å²) in [5.74, 6) is 14.0. The SMILES string of the molecule is C=Cc1ccc(COC2CSCCSCCSCCCSCCSCCCS2)cc1. The second kappa shape index (κ2) is 19.5. The van der Waals surface area contributed by atoms with E-state index in [1.807, 2.05) is 17.8 Å². The molecule has 0 spiro atoms.